The van der Waals surface area contributed by atoms with Gasteiger partial charge in [-0.2, -0.15) is 0 Å². The highest BCUT2D eigenvalue weighted by atomic mass is 79.9. The SMILES string of the molecule is CC(=O)NC(c1ccc(Br)nc1)c1c(O)ccc(Cl)c1Cl. The van der Waals surface area contributed by atoms with Crippen molar-refractivity contribution in [1.29, 1.82) is 0 Å². The van der Waals surface area contributed by atoms with Crippen molar-refractivity contribution in [3.8, 4) is 5.75 Å². The molecule has 1 amide bonds. The fraction of sp³-hybridized carbons (Fsp3) is 0.143. The average molecular weight is 390 g/mol. The maximum Gasteiger partial charge on any atom is 0.217 e. The zero-order valence-corrected chi connectivity index (χ0v) is 14.0. The summed E-state index contributed by atoms with van der Waals surface area (Å²) < 4.78 is 0.661. The first kappa shape index (κ1) is 16.1. The second-order valence-corrected chi connectivity index (χ2v) is 5.94. The van der Waals surface area contributed by atoms with E-state index in [1.807, 2.05) is 0 Å². The number of amides is 1. The number of aromatic nitrogens is 1. The van der Waals surface area contributed by atoms with E-state index in [-0.39, 0.29) is 16.7 Å². The average Bonchev–Trinajstić information content (AvgIpc) is 2.43. The number of hydrogen-bond acceptors (Lipinski definition) is 3. The lowest BCUT2D eigenvalue weighted by atomic mass is 9.99. The minimum atomic E-state index is -0.644. The molecule has 0 saturated heterocycles. The minimum Gasteiger partial charge on any atom is -0.508 e. The summed E-state index contributed by atoms with van der Waals surface area (Å²) in [6, 6.07) is 5.79. The van der Waals surface area contributed by atoms with Crippen LogP contribution in [0.25, 0.3) is 0 Å². The van der Waals surface area contributed by atoms with Crippen molar-refractivity contribution in [1.82, 2.24) is 10.3 Å². The molecule has 0 fully saturated rings. The van der Waals surface area contributed by atoms with Crippen LogP contribution in [0, 0.1) is 0 Å². The lowest BCUT2D eigenvalue weighted by molar-refractivity contribution is -0.119. The first-order valence-electron chi connectivity index (χ1n) is 5.95. The molecule has 1 heterocycles. The molecule has 0 radical (unpaired) electrons. The standard InChI is InChI=1S/C14H11BrCl2N2O2/c1-7(20)19-14(8-2-5-11(15)18-6-8)12-10(21)4-3-9(16)13(12)17/h2-6,14,21H,1H3,(H,19,20). The predicted molar refractivity (Wildman–Crippen MR) is 85.7 cm³/mol. The first-order valence-corrected chi connectivity index (χ1v) is 7.50. The third kappa shape index (κ3) is 3.67. The van der Waals surface area contributed by atoms with Gasteiger partial charge in [0.2, 0.25) is 5.91 Å². The summed E-state index contributed by atoms with van der Waals surface area (Å²) in [5.41, 5.74) is 1.01. The van der Waals surface area contributed by atoms with Crippen LogP contribution < -0.4 is 5.32 Å². The summed E-state index contributed by atoms with van der Waals surface area (Å²) in [5, 5.41) is 13.3. The van der Waals surface area contributed by atoms with E-state index in [0.29, 0.717) is 20.8 Å². The van der Waals surface area contributed by atoms with E-state index in [9.17, 15) is 9.90 Å². The van der Waals surface area contributed by atoms with Crippen molar-refractivity contribution in [2.75, 3.05) is 0 Å². The smallest absolute Gasteiger partial charge is 0.217 e. The number of phenolic OH excluding ortho intramolecular Hbond substituents is 1. The Morgan fingerprint density at radius 1 is 1.33 bits per heavy atom. The fourth-order valence-corrected chi connectivity index (χ4v) is 2.58. The summed E-state index contributed by atoms with van der Waals surface area (Å²) in [5.74, 6) is -0.315. The van der Waals surface area contributed by atoms with Gasteiger partial charge in [0.05, 0.1) is 16.1 Å². The van der Waals surface area contributed by atoms with Crippen LogP contribution in [0.15, 0.2) is 35.1 Å². The van der Waals surface area contributed by atoms with Crippen molar-refractivity contribution < 1.29 is 9.90 Å². The van der Waals surface area contributed by atoms with E-state index in [1.54, 1.807) is 18.3 Å². The molecule has 21 heavy (non-hydrogen) atoms. The van der Waals surface area contributed by atoms with Crippen molar-refractivity contribution in [3.05, 3.63) is 56.2 Å². The highest BCUT2D eigenvalue weighted by Crippen LogP contribution is 2.39. The molecular formula is C14H11BrCl2N2O2. The summed E-state index contributed by atoms with van der Waals surface area (Å²) in [6.07, 6.45) is 1.58. The van der Waals surface area contributed by atoms with Crippen molar-refractivity contribution in [2.45, 2.75) is 13.0 Å². The van der Waals surface area contributed by atoms with Crippen LogP contribution in [-0.2, 0) is 4.79 Å². The lowest BCUT2D eigenvalue weighted by Gasteiger charge is -2.21. The number of halogens is 3. The lowest BCUT2D eigenvalue weighted by Crippen LogP contribution is -2.27. The number of aromatic hydroxyl groups is 1. The second kappa shape index (κ2) is 6.64. The molecule has 0 spiro atoms. The van der Waals surface area contributed by atoms with Gasteiger partial charge in [-0.05, 0) is 39.7 Å². The molecule has 2 N–H and O–H groups in total. The monoisotopic (exact) mass is 388 g/mol. The maximum atomic E-state index is 11.5. The van der Waals surface area contributed by atoms with Crippen LogP contribution in [-0.4, -0.2) is 16.0 Å². The van der Waals surface area contributed by atoms with Crippen LogP contribution in [0.5, 0.6) is 5.75 Å². The van der Waals surface area contributed by atoms with Crippen LogP contribution in [0.1, 0.15) is 24.1 Å². The van der Waals surface area contributed by atoms with Crippen LogP contribution in [0.3, 0.4) is 0 Å². The van der Waals surface area contributed by atoms with Crippen LogP contribution in [0.2, 0.25) is 10.0 Å². The van der Waals surface area contributed by atoms with Gasteiger partial charge in [0.25, 0.3) is 0 Å². The molecule has 0 saturated carbocycles. The molecule has 1 aromatic heterocycles. The summed E-state index contributed by atoms with van der Waals surface area (Å²) >= 11 is 15.4. The number of carbonyl (C=O) groups is 1. The van der Waals surface area contributed by atoms with Gasteiger partial charge in [-0.25, -0.2) is 4.98 Å². The Kier molecular flexibility index (Phi) is 5.08. The molecule has 2 aromatic rings. The van der Waals surface area contributed by atoms with E-state index in [2.05, 4.69) is 26.2 Å². The van der Waals surface area contributed by atoms with Gasteiger partial charge in [-0.3, -0.25) is 4.79 Å². The zero-order chi connectivity index (χ0) is 15.6. The van der Waals surface area contributed by atoms with E-state index in [1.165, 1.54) is 19.1 Å². The molecule has 1 atom stereocenters. The highest BCUT2D eigenvalue weighted by Gasteiger charge is 2.23. The van der Waals surface area contributed by atoms with Gasteiger partial charge in [-0.15, -0.1) is 0 Å². The van der Waals surface area contributed by atoms with Crippen molar-refractivity contribution >= 4 is 45.0 Å². The van der Waals surface area contributed by atoms with Gasteiger partial charge in [-0.1, -0.05) is 29.3 Å². The molecule has 1 aromatic carbocycles. The number of benzene rings is 1. The Morgan fingerprint density at radius 2 is 2.05 bits per heavy atom. The van der Waals surface area contributed by atoms with E-state index >= 15 is 0 Å². The van der Waals surface area contributed by atoms with E-state index in [0.717, 1.165) is 0 Å². The summed E-state index contributed by atoms with van der Waals surface area (Å²) in [6.45, 7) is 1.38. The number of rotatable bonds is 3. The quantitative estimate of drug-likeness (QED) is 0.777. The number of phenols is 1. The summed E-state index contributed by atoms with van der Waals surface area (Å²) in [4.78, 5) is 15.6. The number of nitrogens with one attached hydrogen (secondary N) is 1. The molecule has 4 nitrogen and oxygen atoms in total. The fourth-order valence-electron chi connectivity index (χ4n) is 1.91. The Hall–Kier alpha value is -1.30. The third-order valence-corrected chi connectivity index (χ3v) is 4.12. The number of nitrogens with zero attached hydrogens (tertiary/aromatic N) is 1. The largest absolute Gasteiger partial charge is 0.508 e. The van der Waals surface area contributed by atoms with Gasteiger partial charge in [0.15, 0.2) is 0 Å². The maximum absolute atomic E-state index is 11.5. The predicted octanol–water partition coefficient (Wildman–Crippen LogP) is 4.08. The Morgan fingerprint density at radius 3 is 2.62 bits per heavy atom. The third-order valence-electron chi connectivity index (χ3n) is 2.83. The highest BCUT2D eigenvalue weighted by molar-refractivity contribution is 9.10. The van der Waals surface area contributed by atoms with Crippen LogP contribution >= 0.6 is 39.1 Å². The number of carbonyl (C=O) groups excluding carboxylic acids is 1. The molecule has 110 valence electrons. The Balaban J connectivity index is 2.58. The van der Waals surface area contributed by atoms with Gasteiger partial charge in [0, 0.05) is 18.7 Å². The zero-order valence-electron chi connectivity index (χ0n) is 10.9. The topological polar surface area (TPSA) is 62.2 Å². The van der Waals surface area contributed by atoms with Gasteiger partial charge in [0.1, 0.15) is 10.4 Å². The number of hydrogen-bond donors (Lipinski definition) is 2. The van der Waals surface area contributed by atoms with Crippen molar-refractivity contribution in [2.24, 2.45) is 0 Å². The second-order valence-electron chi connectivity index (χ2n) is 4.34. The molecular weight excluding hydrogens is 379 g/mol. The Labute approximate surface area is 140 Å². The van der Waals surface area contributed by atoms with E-state index in [4.69, 9.17) is 23.2 Å². The normalized spacial score (nSPS) is 12.0. The molecule has 0 aliphatic rings. The molecule has 2 rings (SSSR count). The minimum absolute atomic E-state index is 0.0499. The molecule has 1 unspecified atom stereocenters. The molecule has 0 aliphatic carbocycles. The molecule has 0 bridgehead atoms. The number of pyridine rings is 1. The van der Waals surface area contributed by atoms with Gasteiger partial charge >= 0.3 is 0 Å². The van der Waals surface area contributed by atoms with Crippen molar-refractivity contribution in [3.63, 3.8) is 0 Å². The Bertz CT molecular complexity index is 677. The van der Waals surface area contributed by atoms with Gasteiger partial charge < -0.3 is 10.4 Å². The summed E-state index contributed by atoms with van der Waals surface area (Å²) in [7, 11) is 0. The first-order chi connectivity index (χ1) is 9.90. The van der Waals surface area contributed by atoms with Crippen LogP contribution in [0.4, 0.5) is 0 Å². The van der Waals surface area contributed by atoms with E-state index < -0.39 is 6.04 Å². The molecule has 7 heteroatoms. The molecule has 0 aliphatic heterocycles.